The molecule has 0 aliphatic heterocycles. The third-order valence-electron chi connectivity index (χ3n) is 3.35. The molecule has 0 amide bonds. The summed E-state index contributed by atoms with van der Waals surface area (Å²) in [5.41, 5.74) is 0.544. The van der Waals surface area contributed by atoms with Crippen molar-refractivity contribution in [3.05, 3.63) is 50.4 Å². The molecule has 0 spiro atoms. The van der Waals surface area contributed by atoms with Gasteiger partial charge in [-0.1, -0.05) is 0 Å². The van der Waals surface area contributed by atoms with E-state index < -0.39 is 13.3 Å². The van der Waals surface area contributed by atoms with Crippen molar-refractivity contribution >= 4 is 45.2 Å². The Labute approximate surface area is 167 Å². The normalized spacial score (nSPS) is 13.2. The van der Waals surface area contributed by atoms with Gasteiger partial charge in [0.25, 0.3) is 0 Å². The lowest BCUT2D eigenvalue weighted by Gasteiger charge is -2.15. The Morgan fingerprint density at radius 1 is 1.19 bits per heavy atom. The lowest BCUT2D eigenvalue weighted by molar-refractivity contribution is 0.0693. The highest BCUT2D eigenvalue weighted by Gasteiger charge is 2.19. The van der Waals surface area contributed by atoms with Gasteiger partial charge in [-0.05, 0) is 74.7 Å². The molecule has 0 saturated carbocycles. The van der Waals surface area contributed by atoms with E-state index in [-0.39, 0.29) is 23.2 Å². The summed E-state index contributed by atoms with van der Waals surface area (Å²) in [4.78, 5) is 11.1. The standard InChI is InChI=1S/C17H17Br2O6P/c1-3-24-26(2,23)9-10-6-13(18)16(14(19)7-10)25-11-4-5-15(20)12(8-11)17(21)22/h4-8,20H,3,9H2,1-2H3,(H,21,22). The summed E-state index contributed by atoms with van der Waals surface area (Å²) in [5, 5.41) is 18.7. The van der Waals surface area contributed by atoms with Gasteiger partial charge >= 0.3 is 5.97 Å². The molecule has 26 heavy (non-hydrogen) atoms. The zero-order chi connectivity index (χ0) is 19.5. The van der Waals surface area contributed by atoms with Gasteiger partial charge in [0.1, 0.15) is 17.1 Å². The monoisotopic (exact) mass is 506 g/mol. The fraction of sp³-hybridized carbons (Fsp3) is 0.235. The minimum Gasteiger partial charge on any atom is -0.507 e. The topological polar surface area (TPSA) is 93.1 Å². The number of carbonyl (C=O) groups is 1. The number of halogens is 2. The fourth-order valence-electron chi connectivity index (χ4n) is 2.32. The quantitative estimate of drug-likeness (QED) is 0.456. The Balaban J connectivity index is 2.30. The Morgan fingerprint density at radius 3 is 2.35 bits per heavy atom. The Hall–Kier alpha value is -1.34. The van der Waals surface area contributed by atoms with Gasteiger partial charge in [-0.25, -0.2) is 4.79 Å². The van der Waals surface area contributed by atoms with Crippen molar-refractivity contribution < 1.29 is 28.8 Å². The first kappa shape index (κ1) is 21.0. The van der Waals surface area contributed by atoms with Crippen LogP contribution in [0.25, 0.3) is 0 Å². The number of benzene rings is 2. The third kappa shape index (κ3) is 5.33. The molecule has 0 fully saturated rings. The minimum absolute atomic E-state index is 0.254. The first-order valence-corrected chi connectivity index (χ1v) is 11.4. The molecule has 6 nitrogen and oxygen atoms in total. The van der Waals surface area contributed by atoms with Crippen LogP contribution in [0.2, 0.25) is 0 Å². The van der Waals surface area contributed by atoms with Crippen molar-refractivity contribution in [1.29, 1.82) is 0 Å². The van der Waals surface area contributed by atoms with Crippen LogP contribution in [0.3, 0.4) is 0 Å². The summed E-state index contributed by atoms with van der Waals surface area (Å²) >= 11 is 6.83. The molecular formula is C17H17Br2O6P. The van der Waals surface area contributed by atoms with E-state index in [0.29, 0.717) is 21.3 Å². The lowest BCUT2D eigenvalue weighted by Crippen LogP contribution is -1.98. The zero-order valence-electron chi connectivity index (χ0n) is 14.0. The molecular weight excluding hydrogens is 491 g/mol. The Morgan fingerprint density at radius 2 is 1.81 bits per heavy atom. The van der Waals surface area contributed by atoms with Gasteiger partial charge in [0.2, 0.25) is 7.37 Å². The molecule has 2 aromatic carbocycles. The van der Waals surface area contributed by atoms with Gasteiger partial charge in [-0.2, -0.15) is 0 Å². The first-order valence-electron chi connectivity index (χ1n) is 7.56. The second kappa shape index (κ2) is 8.57. The Kier molecular flexibility index (Phi) is 6.91. The van der Waals surface area contributed by atoms with E-state index in [1.54, 1.807) is 25.7 Å². The van der Waals surface area contributed by atoms with Gasteiger partial charge in [0.15, 0.2) is 5.75 Å². The van der Waals surface area contributed by atoms with Crippen molar-refractivity contribution in [3.63, 3.8) is 0 Å². The van der Waals surface area contributed by atoms with E-state index in [1.807, 2.05) is 0 Å². The average Bonchev–Trinajstić information content (AvgIpc) is 2.51. The highest BCUT2D eigenvalue weighted by molar-refractivity contribution is 9.11. The number of carboxylic acid groups (broad SMARTS) is 1. The van der Waals surface area contributed by atoms with Gasteiger partial charge in [0.05, 0.1) is 15.6 Å². The molecule has 0 radical (unpaired) electrons. The number of carboxylic acids is 1. The van der Waals surface area contributed by atoms with Crippen molar-refractivity contribution in [3.8, 4) is 17.2 Å². The number of hydrogen-bond acceptors (Lipinski definition) is 5. The summed E-state index contributed by atoms with van der Waals surface area (Å²) in [6.07, 6.45) is 0.278. The number of phenols is 1. The Bertz CT molecular complexity index is 861. The predicted molar refractivity (Wildman–Crippen MR) is 106 cm³/mol. The minimum atomic E-state index is -2.73. The van der Waals surface area contributed by atoms with Gasteiger partial charge in [0, 0.05) is 12.8 Å². The van der Waals surface area contributed by atoms with E-state index in [0.717, 1.165) is 5.56 Å². The second-order valence-electron chi connectivity index (χ2n) is 5.56. The largest absolute Gasteiger partial charge is 0.507 e. The summed E-state index contributed by atoms with van der Waals surface area (Å²) < 4.78 is 24.6. The number of ether oxygens (including phenoxy) is 1. The van der Waals surface area contributed by atoms with E-state index in [9.17, 15) is 14.5 Å². The van der Waals surface area contributed by atoms with Crippen LogP contribution in [0, 0.1) is 0 Å². The molecule has 0 bridgehead atoms. The van der Waals surface area contributed by atoms with Crippen LogP contribution in [0.1, 0.15) is 22.8 Å². The van der Waals surface area contributed by atoms with Crippen molar-refractivity contribution in [2.45, 2.75) is 13.1 Å². The highest BCUT2D eigenvalue weighted by Crippen LogP contribution is 2.48. The maximum Gasteiger partial charge on any atom is 0.339 e. The number of rotatable bonds is 7. The van der Waals surface area contributed by atoms with Crippen LogP contribution in [0.4, 0.5) is 0 Å². The van der Waals surface area contributed by atoms with Gasteiger partial charge in [-0.3, -0.25) is 4.57 Å². The predicted octanol–water partition coefficient (Wildman–Crippen LogP) is 5.85. The molecule has 0 aliphatic carbocycles. The van der Waals surface area contributed by atoms with Crippen LogP contribution in [-0.2, 0) is 15.3 Å². The van der Waals surface area contributed by atoms with Crippen LogP contribution in [0.5, 0.6) is 17.2 Å². The van der Waals surface area contributed by atoms with Crippen LogP contribution in [-0.4, -0.2) is 29.5 Å². The maximum absolute atomic E-state index is 12.4. The van der Waals surface area contributed by atoms with E-state index in [2.05, 4.69) is 31.9 Å². The van der Waals surface area contributed by atoms with Crippen molar-refractivity contribution in [2.24, 2.45) is 0 Å². The SMILES string of the molecule is CCOP(C)(=O)Cc1cc(Br)c(Oc2ccc(O)c(C(=O)O)c2)c(Br)c1. The number of aromatic carboxylic acids is 1. The summed E-state index contributed by atoms with van der Waals surface area (Å²) in [6.45, 7) is 3.76. The molecule has 1 atom stereocenters. The van der Waals surface area contributed by atoms with Crippen molar-refractivity contribution in [2.75, 3.05) is 13.3 Å². The van der Waals surface area contributed by atoms with Gasteiger partial charge in [-0.15, -0.1) is 0 Å². The molecule has 0 aromatic heterocycles. The first-order chi connectivity index (χ1) is 12.1. The zero-order valence-corrected chi connectivity index (χ0v) is 18.1. The highest BCUT2D eigenvalue weighted by atomic mass is 79.9. The summed E-state index contributed by atoms with van der Waals surface area (Å²) in [5.74, 6) is -0.910. The van der Waals surface area contributed by atoms with E-state index in [1.165, 1.54) is 18.2 Å². The molecule has 2 rings (SSSR count). The lowest BCUT2D eigenvalue weighted by atomic mass is 10.2. The van der Waals surface area contributed by atoms with Crippen molar-refractivity contribution in [1.82, 2.24) is 0 Å². The summed E-state index contributed by atoms with van der Waals surface area (Å²) in [6, 6.07) is 7.50. The third-order valence-corrected chi connectivity index (χ3v) is 6.27. The molecule has 2 N–H and O–H groups in total. The number of hydrogen-bond donors (Lipinski definition) is 2. The molecule has 1 unspecified atom stereocenters. The molecule has 0 heterocycles. The molecule has 0 aliphatic rings. The molecule has 2 aromatic rings. The van der Waals surface area contributed by atoms with Crippen LogP contribution < -0.4 is 4.74 Å². The smallest absolute Gasteiger partial charge is 0.339 e. The van der Waals surface area contributed by atoms with Gasteiger partial charge < -0.3 is 19.5 Å². The van der Waals surface area contributed by atoms with Crippen LogP contribution >= 0.6 is 39.2 Å². The number of aromatic hydroxyl groups is 1. The van der Waals surface area contributed by atoms with E-state index >= 15 is 0 Å². The maximum atomic E-state index is 12.4. The molecule has 0 saturated heterocycles. The fourth-order valence-corrected chi connectivity index (χ4v) is 5.25. The second-order valence-corrected chi connectivity index (χ2v) is 9.88. The average molecular weight is 508 g/mol. The van der Waals surface area contributed by atoms with Crippen LogP contribution in [0.15, 0.2) is 39.3 Å². The molecule has 140 valence electrons. The summed E-state index contributed by atoms with van der Waals surface area (Å²) in [7, 11) is -2.73. The van der Waals surface area contributed by atoms with E-state index in [4.69, 9.17) is 14.4 Å². The molecule has 9 heteroatoms.